The van der Waals surface area contributed by atoms with Crippen LogP contribution in [0.25, 0.3) is 5.69 Å². The number of anilines is 1. The third-order valence-corrected chi connectivity index (χ3v) is 3.74. The smallest absolute Gasteiger partial charge is 0.412 e. The van der Waals surface area contributed by atoms with Gasteiger partial charge in [-0.25, -0.2) is 9.48 Å². The Hall–Kier alpha value is -2.54. The Labute approximate surface area is 151 Å². The van der Waals surface area contributed by atoms with Gasteiger partial charge in [-0.05, 0) is 26.0 Å². The SMILES string of the molecule is CCN(CC)C(=O)c1cnn(-c2ccccc2)c1NC(=O)OCCCl. The van der Waals surface area contributed by atoms with Gasteiger partial charge in [0.15, 0.2) is 5.82 Å². The topological polar surface area (TPSA) is 76.5 Å². The Kier molecular flexibility index (Phi) is 6.82. The fraction of sp³-hybridized carbons (Fsp3) is 0.353. The van der Waals surface area contributed by atoms with E-state index in [1.807, 2.05) is 44.2 Å². The van der Waals surface area contributed by atoms with Crippen molar-refractivity contribution in [3.63, 3.8) is 0 Å². The number of carbonyl (C=O) groups excluding carboxylic acids is 2. The first-order valence-electron chi connectivity index (χ1n) is 8.04. The number of nitrogens with one attached hydrogen (secondary N) is 1. The van der Waals surface area contributed by atoms with Crippen LogP contribution in [0, 0.1) is 0 Å². The molecule has 2 amide bonds. The van der Waals surface area contributed by atoms with Crippen molar-refractivity contribution in [1.29, 1.82) is 0 Å². The molecule has 0 unspecified atom stereocenters. The third-order valence-electron chi connectivity index (χ3n) is 3.58. The van der Waals surface area contributed by atoms with Gasteiger partial charge in [0.05, 0.1) is 17.8 Å². The number of amides is 2. The highest BCUT2D eigenvalue weighted by atomic mass is 35.5. The molecule has 7 nitrogen and oxygen atoms in total. The van der Waals surface area contributed by atoms with Crippen molar-refractivity contribution in [2.24, 2.45) is 0 Å². The first-order valence-corrected chi connectivity index (χ1v) is 8.58. The normalized spacial score (nSPS) is 10.4. The van der Waals surface area contributed by atoms with Crippen molar-refractivity contribution in [2.45, 2.75) is 13.8 Å². The maximum atomic E-state index is 12.7. The molecule has 0 spiro atoms. The number of halogens is 1. The average molecular weight is 365 g/mol. The lowest BCUT2D eigenvalue weighted by molar-refractivity contribution is 0.0774. The molecule has 8 heteroatoms. The zero-order valence-electron chi connectivity index (χ0n) is 14.2. The standard InChI is InChI=1S/C17H21ClN4O3/c1-3-21(4-2)16(23)14-12-19-22(13-8-6-5-7-9-13)15(14)20-17(24)25-11-10-18/h5-9,12H,3-4,10-11H2,1-2H3,(H,20,24). The van der Waals surface area contributed by atoms with Crippen molar-refractivity contribution in [2.75, 3.05) is 30.9 Å². The third kappa shape index (κ3) is 4.51. The molecule has 2 rings (SSSR count). The van der Waals surface area contributed by atoms with Gasteiger partial charge < -0.3 is 9.64 Å². The minimum atomic E-state index is -0.688. The van der Waals surface area contributed by atoms with E-state index in [0.29, 0.717) is 24.3 Å². The molecule has 25 heavy (non-hydrogen) atoms. The highest BCUT2D eigenvalue weighted by Crippen LogP contribution is 2.22. The van der Waals surface area contributed by atoms with Gasteiger partial charge in [-0.15, -0.1) is 11.6 Å². The van der Waals surface area contributed by atoms with Crippen molar-refractivity contribution < 1.29 is 14.3 Å². The summed E-state index contributed by atoms with van der Waals surface area (Å²) in [5.41, 5.74) is 1.02. The summed E-state index contributed by atoms with van der Waals surface area (Å²) in [5.74, 6) is 0.249. The lowest BCUT2D eigenvalue weighted by Crippen LogP contribution is -2.31. The Balaban J connectivity index is 2.41. The molecule has 0 atom stereocenters. The van der Waals surface area contributed by atoms with Crippen LogP contribution in [0.1, 0.15) is 24.2 Å². The van der Waals surface area contributed by atoms with Crippen molar-refractivity contribution in [1.82, 2.24) is 14.7 Å². The molecule has 1 heterocycles. The van der Waals surface area contributed by atoms with Crippen LogP contribution in [0.4, 0.5) is 10.6 Å². The Morgan fingerprint density at radius 1 is 1.24 bits per heavy atom. The zero-order valence-corrected chi connectivity index (χ0v) is 15.0. The maximum Gasteiger partial charge on any atom is 0.412 e. The van der Waals surface area contributed by atoms with Gasteiger partial charge in [0, 0.05) is 13.1 Å². The number of alkyl halides is 1. The quantitative estimate of drug-likeness (QED) is 0.766. The molecular weight excluding hydrogens is 344 g/mol. The monoisotopic (exact) mass is 364 g/mol. The molecule has 0 bridgehead atoms. The van der Waals surface area contributed by atoms with E-state index in [2.05, 4.69) is 10.4 Å². The predicted molar refractivity (Wildman–Crippen MR) is 96.5 cm³/mol. The lowest BCUT2D eigenvalue weighted by Gasteiger charge is -2.19. The molecule has 1 N–H and O–H groups in total. The van der Waals surface area contributed by atoms with Gasteiger partial charge in [0.25, 0.3) is 5.91 Å². The molecule has 1 aromatic heterocycles. The summed E-state index contributed by atoms with van der Waals surface area (Å²) in [4.78, 5) is 26.4. The number of ether oxygens (including phenoxy) is 1. The van der Waals surface area contributed by atoms with E-state index in [4.69, 9.17) is 16.3 Å². The lowest BCUT2D eigenvalue weighted by atomic mass is 10.2. The number of carbonyl (C=O) groups is 2. The van der Waals surface area contributed by atoms with Gasteiger partial charge in [0.1, 0.15) is 12.2 Å². The number of hydrogen-bond donors (Lipinski definition) is 1. The number of para-hydroxylation sites is 1. The van der Waals surface area contributed by atoms with Gasteiger partial charge in [0.2, 0.25) is 0 Å². The van der Waals surface area contributed by atoms with Crippen LogP contribution in [0.5, 0.6) is 0 Å². The molecule has 0 aliphatic rings. The summed E-state index contributed by atoms with van der Waals surface area (Å²) in [6.45, 7) is 4.98. The second-order valence-electron chi connectivity index (χ2n) is 5.08. The van der Waals surface area contributed by atoms with Gasteiger partial charge in [-0.1, -0.05) is 18.2 Å². The molecule has 0 saturated heterocycles. The number of nitrogens with zero attached hydrogens (tertiary/aromatic N) is 3. The van der Waals surface area contributed by atoms with Crippen molar-refractivity contribution in [3.05, 3.63) is 42.1 Å². The number of aromatic nitrogens is 2. The van der Waals surface area contributed by atoms with Gasteiger partial charge in [-0.3, -0.25) is 10.1 Å². The molecule has 0 saturated carbocycles. The molecule has 134 valence electrons. The largest absolute Gasteiger partial charge is 0.448 e. The summed E-state index contributed by atoms with van der Waals surface area (Å²) < 4.78 is 6.45. The average Bonchev–Trinajstić information content (AvgIpc) is 3.05. The number of benzene rings is 1. The van der Waals surface area contributed by atoms with Gasteiger partial charge >= 0.3 is 6.09 Å². The second-order valence-corrected chi connectivity index (χ2v) is 5.46. The summed E-state index contributed by atoms with van der Waals surface area (Å²) >= 11 is 5.53. The molecule has 2 aromatic rings. The fourth-order valence-electron chi connectivity index (χ4n) is 2.34. The highest BCUT2D eigenvalue weighted by Gasteiger charge is 2.23. The van der Waals surface area contributed by atoms with Gasteiger partial charge in [-0.2, -0.15) is 5.10 Å². The number of hydrogen-bond acceptors (Lipinski definition) is 4. The van der Waals surface area contributed by atoms with E-state index < -0.39 is 6.09 Å². The van der Waals surface area contributed by atoms with E-state index in [-0.39, 0.29) is 24.2 Å². The molecule has 1 aromatic carbocycles. The van der Waals surface area contributed by atoms with Crippen molar-refractivity contribution in [3.8, 4) is 5.69 Å². The minimum absolute atomic E-state index is 0.0756. The van der Waals surface area contributed by atoms with Crippen LogP contribution in [0.3, 0.4) is 0 Å². The Morgan fingerprint density at radius 3 is 2.52 bits per heavy atom. The minimum Gasteiger partial charge on any atom is -0.448 e. The molecule has 0 fully saturated rings. The second kappa shape index (κ2) is 9.08. The summed E-state index contributed by atoms with van der Waals surface area (Å²) in [5, 5.41) is 6.87. The summed E-state index contributed by atoms with van der Waals surface area (Å²) in [6.07, 6.45) is 0.761. The predicted octanol–water partition coefficient (Wildman–Crippen LogP) is 3.14. The molecule has 0 aliphatic heterocycles. The number of rotatable bonds is 7. The van der Waals surface area contributed by atoms with E-state index >= 15 is 0 Å². The van der Waals surface area contributed by atoms with Crippen LogP contribution in [-0.4, -0.2) is 52.3 Å². The summed E-state index contributed by atoms with van der Waals surface area (Å²) in [7, 11) is 0. The highest BCUT2D eigenvalue weighted by molar-refractivity contribution is 6.18. The first-order chi connectivity index (χ1) is 12.1. The first kappa shape index (κ1) is 18.8. The van der Waals surface area contributed by atoms with E-state index in [0.717, 1.165) is 0 Å². The fourth-order valence-corrected chi connectivity index (χ4v) is 2.41. The Morgan fingerprint density at radius 2 is 1.92 bits per heavy atom. The molecule has 0 radical (unpaired) electrons. The van der Waals surface area contributed by atoms with E-state index in [1.165, 1.54) is 10.9 Å². The Bertz CT molecular complexity index is 714. The van der Waals surface area contributed by atoms with Crippen LogP contribution >= 0.6 is 11.6 Å². The zero-order chi connectivity index (χ0) is 18.2. The van der Waals surface area contributed by atoms with Crippen LogP contribution in [0.15, 0.2) is 36.5 Å². The van der Waals surface area contributed by atoms with Crippen LogP contribution < -0.4 is 5.32 Å². The molecular formula is C17H21ClN4O3. The summed E-state index contributed by atoms with van der Waals surface area (Å²) in [6, 6.07) is 9.22. The van der Waals surface area contributed by atoms with Crippen LogP contribution in [0.2, 0.25) is 0 Å². The molecule has 0 aliphatic carbocycles. The van der Waals surface area contributed by atoms with Crippen molar-refractivity contribution >= 4 is 29.4 Å². The maximum absolute atomic E-state index is 12.7. The van der Waals surface area contributed by atoms with E-state index in [1.54, 1.807) is 4.90 Å². The van der Waals surface area contributed by atoms with Crippen LogP contribution in [-0.2, 0) is 4.74 Å². The van der Waals surface area contributed by atoms with E-state index in [9.17, 15) is 9.59 Å².